The minimum absolute atomic E-state index is 0.0874. The number of carbonyl (C=O) groups is 1. The molecule has 3 nitrogen and oxygen atoms in total. The number of β-lactam (4-membered cyclic amide) rings is 1. The molecule has 1 aliphatic rings. The van der Waals surface area contributed by atoms with Crippen molar-refractivity contribution in [3.8, 4) is 0 Å². The minimum Gasteiger partial charge on any atom is -0.392 e. The van der Waals surface area contributed by atoms with Crippen molar-refractivity contribution >= 4 is 17.7 Å². The van der Waals surface area contributed by atoms with Gasteiger partial charge in [-0.3, -0.25) is 4.79 Å². The second kappa shape index (κ2) is 7.82. The van der Waals surface area contributed by atoms with E-state index < -0.39 is 16.8 Å². The molecule has 1 saturated heterocycles. The van der Waals surface area contributed by atoms with Crippen LogP contribution in [-0.4, -0.2) is 22.5 Å². The van der Waals surface area contributed by atoms with Gasteiger partial charge in [0.2, 0.25) is 5.91 Å². The van der Waals surface area contributed by atoms with Crippen LogP contribution in [0.1, 0.15) is 23.6 Å². The van der Waals surface area contributed by atoms with Gasteiger partial charge in [0.15, 0.2) is 0 Å². The first-order chi connectivity index (χ1) is 13.6. The van der Waals surface area contributed by atoms with E-state index in [1.807, 2.05) is 54.6 Å². The Bertz CT molecular complexity index is 832. The molecule has 0 saturated carbocycles. The Balaban J connectivity index is 1.90. The fraction of sp³-hybridized carbons (Fsp3) is 0.208. The van der Waals surface area contributed by atoms with Crippen LogP contribution in [0.15, 0.2) is 91.0 Å². The molecule has 1 heterocycles. The quantitative estimate of drug-likeness (QED) is 0.492. The summed E-state index contributed by atoms with van der Waals surface area (Å²) in [5, 5.41) is 13.0. The highest BCUT2D eigenvalue weighted by molar-refractivity contribution is 8.01. The molecule has 0 radical (unpaired) electrons. The first-order valence-electron chi connectivity index (χ1n) is 9.46. The molecule has 3 unspecified atom stereocenters. The van der Waals surface area contributed by atoms with Crippen molar-refractivity contribution in [2.75, 3.05) is 0 Å². The van der Waals surface area contributed by atoms with Crippen LogP contribution in [0.25, 0.3) is 0 Å². The lowest BCUT2D eigenvalue weighted by Gasteiger charge is -2.45. The first-order valence-corrected chi connectivity index (χ1v) is 10.3. The van der Waals surface area contributed by atoms with Crippen LogP contribution >= 0.6 is 11.8 Å². The normalized spacial score (nSPS) is 20.1. The topological polar surface area (TPSA) is 49.3 Å². The average Bonchev–Trinajstić information content (AvgIpc) is 2.72. The van der Waals surface area contributed by atoms with Gasteiger partial charge in [0, 0.05) is 0 Å². The maximum absolute atomic E-state index is 12.1. The van der Waals surface area contributed by atoms with Crippen molar-refractivity contribution in [1.82, 2.24) is 5.32 Å². The summed E-state index contributed by atoms with van der Waals surface area (Å²) in [7, 11) is 0. The second-order valence-electron chi connectivity index (χ2n) is 7.09. The third kappa shape index (κ3) is 3.23. The standard InChI is InChI=1S/C24H23NO2S/c1-17(26)21-22(27)25-23(21)28-24(18-11-5-2-6-12-18,19-13-7-3-8-14-19)20-15-9-4-10-16-20/h2-17,21,23,26H,1H3,(H,25,27). The number of carbonyl (C=O) groups excluding carboxylic acids is 1. The molecule has 4 heteroatoms. The summed E-state index contributed by atoms with van der Waals surface area (Å²) in [6, 6.07) is 31.1. The number of benzene rings is 3. The molecule has 4 rings (SSSR count). The van der Waals surface area contributed by atoms with E-state index in [0.717, 1.165) is 16.7 Å². The Kier molecular flexibility index (Phi) is 5.25. The SMILES string of the molecule is CC(O)C1C(=O)NC1SC(c1ccccc1)(c1ccccc1)c1ccccc1. The fourth-order valence-corrected chi connectivity index (χ4v) is 5.73. The van der Waals surface area contributed by atoms with Gasteiger partial charge < -0.3 is 10.4 Å². The van der Waals surface area contributed by atoms with Crippen LogP contribution in [0.4, 0.5) is 0 Å². The van der Waals surface area contributed by atoms with Crippen molar-refractivity contribution in [1.29, 1.82) is 0 Å². The van der Waals surface area contributed by atoms with Gasteiger partial charge in [0.05, 0.1) is 22.1 Å². The molecule has 3 aromatic rings. The highest BCUT2D eigenvalue weighted by Crippen LogP contribution is 2.52. The van der Waals surface area contributed by atoms with Crippen molar-refractivity contribution in [2.24, 2.45) is 5.92 Å². The molecular formula is C24H23NO2S. The zero-order chi connectivity index (χ0) is 19.6. The summed E-state index contributed by atoms with van der Waals surface area (Å²) in [4.78, 5) is 12.1. The second-order valence-corrected chi connectivity index (χ2v) is 8.45. The maximum atomic E-state index is 12.1. The lowest BCUT2D eigenvalue weighted by Crippen LogP contribution is -2.61. The van der Waals surface area contributed by atoms with E-state index in [4.69, 9.17) is 0 Å². The third-order valence-corrected chi connectivity index (χ3v) is 7.00. The number of amides is 1. The van der Waals surface area contributed by atoms with Crippen LogP contribution in [-0.2, 0) is 9.54 Å². The summed E-state index contributed by atoms with van der Waals surface area (Å²) in [5.41, 5.74) is 3.42. The number of hydrogen-bond acceptors (Lipinski definition) is 3. The van der Waals surface area contributed by atoms with Gasteiger partial charge in [-0.25, -0.2) is 0 Å². The van der Waals surface area contributed by atoms with Gasteiger partial charge in [-0.05, 0) is 23.6 Å². The zero-order valence-corrected chi connectivity index (χ0v) is 16.5. The summed E-state index contributed by atoms with van der Waals surface area (Å²) < 4.78 is -0.505. The molecule has 142 valence electrons. The number of aliphatic hydroxyl groups is 1. The third-order valence-electron chi connectivity index (χ3n) is 5.28. The van der Waals surface area contributed by atoms with Gasteiger partial charge in [-0.1, -0.05) is 91.0 Å². The molecule has 0 spiro atoms. The highest BCUT2D eigenvalue weighted by Gasteiger charge is 2.49. The number of rotatable bonds is 6. The molecule has 3 aromatic carbocycles. The van der Waals surface area contributed by atoms with Gasteiger partial charge in [-0.15, -0.1) is 11.8 Å². The average molecular weight is 390 g/mol. The van der Waals surface area contributed by atoms with Crippen LogP contribution in [0.2, 0.25) is 0 Å². The largest absolute Gasteiger partial charge is 0.392 e. The first kappa shape index (κ1) is 18.8. The molecule has 0 bridgehead atoms. The van der Waals surface area contributed by atoms with Gasteiger partial charge in [-0.2, -0.15) is 0 Å². The number of hydrogen-bond donors (Lipinski definition) is 2. The Morgan fingerprint density at radius 2 is 1.21 bits per heavy atom. The minimum atomic E-state index is -0.689. The van der Waals surface area contributed by atoms with Crippen LogP contribution in [0.5, 0.6) is 0 Å². The number of aliphatic hydroxyl groups excluding tert-OH is 1. The Morgan fingerprint density at radius 1 is 0.821 bits per heavy atom. The molecule has 1 aliphatic heterocycles. The Hall–Kier alpha value is -2.56. The van der Waals surface area contributed by atoms with E-state index in [9.17, 15) is 9.90 Å². The smallest absolute Gasteiger partial charge is 0.229 e. The molecule has 1 fully saturated rings. The highest BCUT2D eigenvalue weighted by atomic mass is 32.2. The summed E-state index contributed by atoms with van der Waals surface area (Å²) in [6.07, 6.45) is -0.689. The number of thioether (sulfide) groups is 1. The fourth-order valence-electron chi connectivity index (χ4n) is 3.86. The predicted molar refractivity (Wildman–Crippen MR) is 114 cm³/mol. The van der Waals surface area contributed by atoms with Crippen molar-refractivity contribution in [2.45, 2.75) is 23.1 Å². The van der Waals surface area contributed by atoms with E-state index in [-0.39, 0.29) is 11.3 Å². The lowest BCUT2D eigenvalue weighted by atomic mass is 9.84. The zero-order valence-electron chi connectivity index (χ0n) is 15.7. The Morgan fingerprint density at radius 3 is 1.54 bits per heavy atom. The van der Waals surface area contributed by atoms with Crippen molar-refractivity contribution < 1.29 is 9.90 Å². The molecule has 3 atom stereocenters. The van der Waals surface area contributed by atoms with Crippen molar-refractivity contribution in [3.63, 3.8) is 0 Å². The molecule has 1 amide bonds. The maximum Gasteiger partial charge on any atom is 0.229 e. The van der Waals surface area contributed by atoms with E-state index >= 15 is 0 Å². The predicted octanol–water partition coefficient (Wildman–Crippen LogP) is 4.16. The van der Waals surface area contributed by atoms with E-state index in [2.05, 4.69) is 41.7 Å². The van der Waals surface area contributed by atoms with Crippen LogP contribution in [0, 0.1) is 5.92 Å². The lowest BCUT2D eigenvalue weighted by molar-refractivity contribution is -0.136. The van der Waals surface area contributed by atoms with Gasteiger partial charge in [0.1, 0.15) is 0 Å². The summed E-state index contributed by atoms with van der Waals surface area (Å²) in [5.74, 6) is -0.504. The molecule has 28 heavy (non-hydrogen) atoms. The van der Waals surface area contributed by atoms with E-state index in [0.29, 0.717) is 0 Å². The molecule has 0 aromatic heterocycles. The van der Waals surface area contributed by atoms with E-state index in [1.165, 1.54) is 0 Å². The van der Waals surface area contributed by atoms with Gasteiger partial charge >= 0.3 is 0 Å². The Labute approximate surface area is 169 Å². The van der Waals surface area contributed by atoms with Crippen molar-refractivity contribution in [3.05, 3.63) is 108 Å². The summed E-state index contributed by atoms with van der Waals surface area (Å²) in [6.45, 7) is 1.69. The number of nitrogens with one attached hydrogen (secondary N) is 1. The molecule has 0 aliphatic carbocycles. The van der Waals surface area contributed by atoms with Gasteiger partial charge in [0.25, 0.3) is 0 Å². The molecular weight excluding hydrogens is 366 g/mol. The van der Waals surface area contributed by atoms with Crippen LogP contribution in [0.3, 0.4) is 0 Å². The van der Waals surface area contributed by atoms with Crippen LogP contribution < -0.4 is 5.32 Å². The summed E-state index contributed by atoms with van der Waals surface area (Å²) >= 11 is 1.69. The van der Waals surface area contributed by atoms with E-state index in [1.54, 1.807) is 18.7 Å². The monoisotopic (exact) mass is 389 g/mol. The molecule has 2 N–H and O–H groups in total.